The Bertz CT molecular complexity index is 790. The normalized spacial score (nSPS) is 9.93. The average molecular weight is 387 g/mol. The number of amides is 2. The summed E-state index contributed by atoms with van der Waals surface area (Å²) in [7, 11) is 1.05. The number of benzene rings is 2. The molecule has 0 spiro atoms. The van der Waals surface area contributed by atoms with Gasteiger partial charge in [-0.25, -0.2) is 14.5 Å². The lowest BCUT2D eigenvalue weighted by atomic mass is 10.3. The van der Waals surface area contributed by atoms with Crippen LogP contribution in [0.1, 0.15) is 6.92 Å². The van der Waals surface area contributed by atoms with Gasteiger partial charge in [0.25, 0.3) is 0 Å². The zero-order valence-electron chi connectivity index (χ0n) is 15.6. The average Bonchev–Trinajstić information content (AvgIpc) is 2.72. The van der Waals surface area contributed by atoms with Crippen LogP contribution in [0.5, 0.6) is 17.2 Å². The van der Waals surface area contributed by atoms with Crippen LogP contribution in [0.2, 0.25) is 0 Å². The van der Waals surface area contributed by atoms with Crippen LogP contribution >= 0.6 is 0 Å². The van der Waals surface area contributed by atoms with E-state index in [4.69, 9.17) is 14.2 Å². The van der Waals surface area contributed by atoms with Crippen molar-refractivity contribution in [2.45, 2.75) is 6.92 Å². The molecule has 0 unspecified atom stereocenters. The van der Waals surface area contributed by atoms with Crippen molar-refractivity contribution < 1.29 is 33.3 Å². The van der Waals surface area contributed by atoms with Gasteiger partial charge in [0.1, 0.15) is 23.9 Å². The number of esters is 1. The first-order valence-electron chi connectivity index (χ1n) is 8.57. The van der Waals surface area contributed by atoms with E-state index >= 15 is 0 Å². The van der Waals surface area contributed by atoms with Crippen LogP contribution in [0.15, 0.2) is 54.6 Å². The first-order valence-corrected chi connectivity index (χ1v) is 8.57. The van der Waals surface area contributed by atoms with Crippen molar-refractivity contribution >= 4 is 18.0 Å². The topological polar surface area (TPSA) is 91.4 Å². The van der Waals surface area contributed by atoms with Crippen LogP contribution < -0.4 is 9.47 Å². The first-order chi connectivity index (χ1) is 13.5. The maximum atomic E-state index is 11.9. The number of methoxy groups -OCH3 is 1. The van der Waals surface area contributed by atoms with E-state index in [0.29, 0.717) is 22.1 Å². The quantitative estimate of drug-likeness (QED) is 0.533. The van der Waals surface area contributed by atoms with Gasteiger partial charge in [-0.3, -0.25) is 4.79 Å². The van der Waals surface area contributed by atoms with E-state index in [1.807, 2.05) is 30.3 Å². The van der Waals surface area contributed by atoms with Crippen LogP contribution in [-0.4, -0.2) is 49.7 Å². The molecule has 0 N–H and O–H groups in total. The Kier molecular flexibility index (Phi) is 7.83. The third kappa shape index (κ3) is 6.01. The number of hydrogen-bond donors (Lipinski definition) is 0. The second kappa shape index (κ2) is 10.6. The molecule has 0 aliphatic heterocycles. The number of hydrogen-bond acceptors (Lipinski definition) is 7. The van der Waals surface area contributed by atoms with E-state index in [9.17, 15) is 14.4 Å². The summed E-state index contributed by atoms with van der Waals surface area (Å²) < 4.78 is 20.3. The largest absolute Gasteiger partial charge is 0.492 e. The molecule has 2 amide bonds. The summed E-state index contributed by atoms with van der Waals surface area (Å²) in [6.07, 6.45) is -0.937. The van der Waals surface area contributed by atoms with E-state index in [-0.39, 0.29) is 19.8 Å². The van der Waals surface area contributed by atoms with E-state index in [0.717, 1.165) is 7.11 Å². The number of nitrogens with zero attached hydrogens (tertiary/aromatic N) is 1. The van der Waals surface area contributed by atoms with Gasteiger partial charge in [-0.1, -0.05) is 18.2 Å². The predicted molar refractivity (Wildman–Crippen MR) is 99.2 cm³/mol. The Morgan fingerprint density at radius 1 is 0.893 bits per heavy atom. The molecule has 0 atom stereocenters. The lowest BCUT2D eigenvalue weighted by molar-refractivity contribution is -0.157. The van der Waals surface area contributed by atoms with Crippen molar-refractivity contribution in [1.29, 1.82) is 0 Å². The van der Waals surface area contributed by atoms with Crippen molar-refractivity contribution in [3.05, 3.63) is 54.6 Å². The molecule has 28 heavy (non-hydrogen) atoms. The van der Waals surface area contributed by atoms with Crippen molar-refractivity contribution in [3.63, 3.8) is 0 Å². The van der Waals surface area contributed by atoms with Gasteiger partial charge in [0.15, 0.2) is 0 Å². The van der Waals surface area contributed by atoms with Gasteiger partial charge in [-0.2, -0.15) is 0 Å². The van der Waals surface area contributed by atoms with Gasteiger partial charge in [-0.15, -0.1) is 0 Å². The minimum Gasteiger partial charge on any atom is -0.492 e. The standard InChI is InChI=1S/C20H21NO7/c1-3-26-20(24)21(18(22)19(23)25-2)13-14-27-15-9-11-17(12-10-15)28-16-7-5-4-6-8-16/h4-12H,3,13-14H2,1-2H3. The highest BCUT2D eigenvalue weighted by atomic mass is 16.6. The molecule has 0 saturated heterocycles. The molecule has 0 aliphatic carbocycles. The molecule has 0 radical (unpaired) electrons. The highest BCUT2D eigenvalue weighted by Crippen LogP contribution is 2.23. The minimum absolute atomic E-state index is 0.0273. The molecule has 8 nitrogen and oxygen atoms in total. The molecular formula is C20H21NO7. The number of ether oxygens (including phenoxy) is 4. The van der Waals surface area contributed by atoms with Crippen molar-refractivity contribution in [2.75, 3.05) is 26.9 Å². The van der Waals surface area contributed by atoms with Gasteiger partial charge in [-0.05, 0) is 43.3 Å². The summed E-state index contributed by atoms with van der Waals surface area (Å²) in [5.74, 6) is -0.420. The van der Waals surface area contributed by atoms with Crippen molar-refractivity contribution in [2.24, 2.45) is 0 Å². The van der Waals surface area contributed by atoms with Gasteiger partial charge in [0.05, 0.1) is 20.3 Å². The zero-order valence-corrected chi connectivity index (χ0v) is 15.6. The summed E-state index contributed by atoms with van der Waals surface area (Å²) in [6.45, 7) is 1.46. The highest BCUT2D eigenvalue weighted by molar-refractivity contribution is 6.34. The lowest BCUT2D eigenvalue weighted by Gasteiger charge is -2.19. The molecule has 148 valence electrons. The molecule has 0 bridgehead atoms. The summed E-state index contributed by atoms with van der Waals surface area (Å²) in [6, 6.07) is 16.2. The molecule has 0 heterocycles. The van der Waals surface area contributed by atoms with E-state index in [2.05, 4.69) is 4.74 Å². The predicted octanol–water partition coefficient (Wildman–Crippen LogP) is 3.02. The molecule has 0 aromatic heterocycles. The Morgan fingerprint density at radius 3 is 2.11 bits per heavy atom. The Balaban J connectivity index is 1.91. The van der Waals surface area contributed by atoms with Crippen LogP contribution in [0, 0.1) is 0 Å². The number of carbonyl (C=O) groups is 3. The van der Waals surface area contributed by atoms with E-state index in [1.54, 1.807) is 31.2 Å². The van der Waals surface area contributed by atoms with Gasteiger partial charge >= 0.3 is 18.0 Å². The summed E-state index contributed by atoms with van der Waals surface area (Å²) in [5, 5.41) is 0. The van der Waals surface area contributed by atoms with Crippen molar-refractivity contribution in [1.82, 2.24) is 4.90 Å². The lowest BCUT2D eigenvalue weighted by Crippen LogP contribution is -2.44. The second-order valence-corrected chi connectivity index (χ2v) is 5.38. The number of carbonyl (C=O) groups excluding carboxylic acids is 3. The van der Waals surface area contributed by atoms with Gasteiger partial charge in [0.2, 0.25) is 0 Å². The first kappa shape index (κ1) is 20.8. The third-order valence-electron chi connectivity index (χ3n) is 3.48. The van der Waals surface area contributed by atoms with Crippen molar-refractivity contribution in [3.8, 4) is 17.2 Å². The third-order valence-corrected chi connectivity index (χ3v) is 3.48. The Labute approximate surface area is 162 Å². The number of para-hydroxylation sites is 1. The summed E-state index contributed by atoms with van der Waals surface area (Å²) in [5.41, 5.74) is 0. The minimum atomic E-state index is -1.16. The number of imide groups is 1. The smallest absolute Gasteiger partial charge is 0.417 e. The molecule has 0 aliphatic rings. The summed E-state index contributed by atoms with van der Waals surface area (Å²) in [4.78, 5) is 35.8. The fourth-order valence-electron chi connectivity index (χ4n) is 2.16. The van der Waals surface area contributed by atoms with Crippen LogP contribution in [0.3, 0.4) is 0 Å². The monoisotopic (exact) mass is 387 g/mol. The van der Waals surface area contributed by atoms with Crippen LogP contribution in [-0.2, 0) is 19.1 Å². The number of rotatable bonds is 7. The maximum Gasteiger partial charge on any atom is 0.417 e. The SMILES string of the molecule is CCOC(=O)N(CCOc1ccc(Oc2ccccc2)cc1)C(=O)C(=O)OC. The fraction of sp³-hybridized carbons (Fsp3) is 0.250. The molecule has 0 fully saturated rings. The second-order valence-electron chi connectivity index (χ2n) is 5.38. The maximum absolute atomic E-state index is 11.9. The molecule has 2 rings (SSSR count). The molecule has 8 heteroatoms. The fourth-order valence-corrected chi connectivity index (χ4v) is 2.16. The van der Waals surface area contributed by atoms with E-state index in [1.165, 1.54) is 0 Å². The van der Waals surface area contributed by atoms with Crippen LogP contribution in [0.4, 0.5) is 4.79 Å². The summed E-state index contributed by atoms with van der Waals surface area (Å²) >= 11 is 0. The Morgan fingerprint density at radius 2 is 1.50 bits per heavy atom. The van der Waals surface area contributed by atoms with Gasteiger partial charge < -0.3 is 18.9 Å². The highest BCUT2D eigenvalue weighted by Gasteiger charge is 2.29. The van der Waals surface area contributed by atoms with E-state index < -0.39 is 18.0 Å². The zero-order chi connectivity index (χ0) is 20.4. The molecule has 2 aromatic rings. The Hall–Kier alpha value is -3.55. The molecule has 2 aromatic carbocycles. The molecule has 0 saturated carbocycles. The van der Waals surface area contributed by atoms with Crippen LogP contribution in [0.25, 0.3) is 0 Å². The van der Waals surface area contributed by atoms with Gasteiger partial charge in [0, 0.05) is 0 Å². The molecular weight excluding hydrogens is 366 g/mol.